The molecule has 0 aromatic heterocycles. The van der Waals surface area contributed by atoms with Crippen LogP contribution in [0.5, 0.6) is 5.75 Å². The van der Waals surface area contributed by atoms with E-state index in [1.54, 1.807) is 20.2 Å². The van der Waals surface area contributed by atoms with Crippen molar-refractivity contribution < 1.29 is 49.4 Å². The molecular weight excluding hydrogens is 502 g/mol. The molecule has 13 heteroatoms. The van der Waals surface area contributed by atoms with E-state index >= 15 is 0 Å². The molecular formula is C25H27N3O10. The van der Waals surface area contributed by atoms with Gasteiger partial charge in [0.05, 0.1) is 17.4 Å². The van der Waals surface area contributed by atoms with Crippen molar-refractivity contribution in [2.45, 2.75) is 30.6 Å². The van der Waals surface area contributed by atoms with Gasteiger partial charge in [-0.2, -0.15) is 4.89 Å². The maximum Gasteiger partial charge on any atom is 0.294 e. The number of nitrogens with one attached hydrogen (secondary N) is 1. The number of primary amides is 1. The van der Waals surface area contributed by atoms with Gasteiger partial charge in [0.2, 0.25) is 17.4 Å². The molecule has 0 radical (unpaired) electrons. The van der Waals surface area contributed by atoms with E-state index < -0.39 is 70.4 Å². The molecule has 2 amide bonds. The average Bonchev–Trinajstić information content (AvgIpc) is 3.38. The predicted octanol–water partition coefficient (Wildman–Crippen LogP) is -1.09. The van der Waals surface area contributed by atoms with Gasteiger partial charge in [-0.25, -0.2) is 0 Å². The van der Waals surface area contributed by atoms with Crippen LogP contribution in [0.1, 0.15) is 17.5 Å². The Bertz CT molecular complexity index is 1330. The largest absolute Gasteiger partial charge is 0.507 e. The van der Waals surface area contributed by atoms with E-state index in [1.807, 2.05) is 0 Å². The zero-order valence-electron chi connectivity index (χ0n) is 20.5. The number of benzene rings is 1. The van der Waals surface area contributed by atoms with Gasteiger partial charge in [0.1, 0.15) is 24.0 Å². The van der Waals surface area contributed by atoms with Crippen LogP contribution in [0.2, 0.25) is 0 Å². The van der Waals surface area contributed by atoms with Crippen molar-refractivity contribution in [2.24, 2.45) is 23.5 Å². The number of carbonyl (C=O) groups excluding carboxylic acids is 4. The lowest BCUT2D eigenvalue weighted by molar-refractivity contribution is -0.233. The average molecular weight is 530 g/mol. The van der Waals surface area contributed by atoms with Crippen molar-refractivity contribution in [1.29, 1.82) is 0 Å². The van der Waals surface area contributed by atoms with Crippen LogP contribution in [0.4, 0.5) is 5.69 Å². The second-order valence-corrected chi connectivity index (χ2v) is 10.2. The summed E-state index contributed by atoms with van der Waals surface area (Å²) in [5, 5.41) is 47.1. The number of anilines is 1. The van der Waals surface area contributed by atoms with Crippen LogP contribution in [0.25, 0.3) is 5.76 Å². The number of hydrogen-bond acceptors (Lipinski definition) is 11. The highest BCUT2D eigenvalue weighted by molar-refractivity contribution is 6.25. The Morgan fingerprint density at radius 3 is 2.53 bits per heavy atom. The Kier molecular flexibility index (Phi) is 6.06. The Hall–Kier alpha value is -3.78. The van der Waals surface area contributed by atoms with Crippen LogP contribution in [0.3, 0.4) is 0 Å². The first-order valence-electron chi connectivity index (χ1n) is 11.9. The number of aromatic hydroxyl groups is 1. The monoisotopic (exact) mass is 529 g/mol. The molecule has 202 valence electrons. The number of aliphatic hydroxyl groups is 3. The van der Waals surface area contributed by atoms with Crippen LogP contribution >= 0.6 is 0 Å². The van der Waals surface area contributed by atoms with Gasteiger partial charge in [-0.3, -0.25) is 19.2 Å². The van der Waals surface area contributed by atoms with Crippen molar-refractivity contribution in [3.8, 4) is 5.75 Å². The first-order valence-corrected chi connectivity index (χ1v) is 11.9. The van der Waals surface area contributed by atoms with E-state index in [4.69, 9.17) is 10.6 Å². The SMILES string of the molecule is CN(C)[C@H]1C(O)C(C(N)=O)C(=O)[C@]2(O)C(=O)C3=C(O)c4c(ccc(NC(=O)C5=CCOO5)c4O)C[C@@H]3C[C@H]12. The predicted molar refractivity (Wildman–Crippen MR) is 128 cm³/mol. The maximum atomic E-state index is 13.8. The summed E-state index contributed by atoms with van der Waals surface area (Å²) in [7, 11) is 3.16. The second-order valence-electron chi connectivity index (χ2n) is 10.2. The topological polar surface area (TPSA) is 209 Å². The summed E-state index contributed by atoms with van der Waals surface area (Å²) in [4.78, 5) is 62.5. The number of amides is 2. The summed E-state index contributed by atoms with van der Waals surface area (Å²) in [6, 6.07) is 2.03. The number of phenols is 1. The third-order valence-corrected chi connectivity index (χ3v) is 7.92. The van der Waals surface area contributed by atoms with Gasteiger partial charge in [0.25, 0.3) is 5.91 Å². The Morgan fingerprint density at radius 2 is 1.92 bits per heavy atom. The van der Waals surface area contributed by atoms with E-state index in [0.717, 1.165) is 0 Å². The van der Waals surface area contributed by atoms with E-state index in [-0.39, 0.29) is 42.0 Å². The number of carbonyl (C=O) groups is 4. The fourth-order valence-electron chi connectivity index (χ4n) is 6.24. The van der Waals surface area contributed by atoms with Crippen molar-refractivity contribution in [3.05, 3.63) is 40.7 Å². The second kappa shape index (κ2) is 8.91. The number of rotatable bonds is 4. The molecule has 2 unspecified atom stereocenters. The molecule has 2 saturated carbocycles. The summed E-state index contributed by atoms with van der Waals surface area (Å²) < 4.78 is 0. The maximum absolute atomic E-state index is 13.8. The fourth-order valence-corrected chi connectivity index (χ4v) is 6.24. The molecule has 13 nitrogen and oxygen atoms in total. The fraction of sp³-hybridized carbons (Fsp3) is 0.440. The summed E-state index contributed by atoms with van der Waals surface area (Å²) >= 11 is 0. The molecule has 5 rings (SSSR count). The van der Waals surface area contributed by atoms with Gasteiger partial charge < -0.3 is 41.3 Å². The van der Waals surface area contributed by atoms with E-state index in [9.17, 15) is 39.6 Å². The molecule has 1 heterocycles. The summed E-state index contributed by atoms with van der Waals surface area (Å²) in [6.45, 7) is 0.0697. The van der Waals surface area contributed by atoms with Crippen molar-refractivity contribution >= 4 is 34.8 Å². The van der Waals surface area contributed by atoms with Crippen LogP contribution in [-0.4, -0.2) is 87.2 Å². The third kappa shape index (κ3) is 3.54. The molecule has 6 atom stereocenters. The van der Waals surface area contributed by atoms with Crippen molar-refractivity contribution in [2.75, 3.05) is 26.0 Å². The van der Waals surface area contributed by atoms with Crippen LogP contribution in [0, 0.1) is 17.8 Å². The number of aliphatic hydroxyl groups excluding tert-OH is 2. The lowest BCUT2D eigenvalue weighted by Crippen LogP contribution is -2.73. The van der Waals surface area contributed by atoms with Crippen LogP contribution in [0.15, 0.2) is 29.5 Å². The summed E-state index contributed by atoms with van der Waals surface area (Å²) in [5.41, 5.74) is 2.59. The molecule has 1 aromatic rings. The number of phenolic OH excluding ortho intramolecular Hbond substituents is 1. The molecule has 1 aromatic carbocycles. The number of ketones is 2. The molecule has 38 heavy (non-hydrogen) atoms. The quantitative estimate of drug-likeness (QED) is 0.157. The standard InChI is InChI=1S/C25H27N3O10/c1-28(2)17-11-8-10-7-9-3-4-12(27-24(35)13-5-6-37-38-13)18(29)14(9)19(30)15(10)21(32)25(11,36)22(33)16(20(17)31)23(26)34/h3-5,10-11,16-17,20,29-31,36H,6-8H2,1-2H3,(H2,26,34)(H,27,35)/t10-,11-,16?,17-,20?,25-/m1/s1. The number of likely N-dealkylation sites (N-methyl/N-ethyl adjacent to an activating group) is 1. The Morgan fingerprint density at radius 1 is 1.21 bits per heavy atom. The molecule has 0 spiro atoms. The highest BCUT2D eigenvalue weighted by Crippen LogP contribution is 2.52. The Balaban J connectivity index is 1.59. The smallest absolute Gasteiger partial charge is 0.294 e. The molecule has 1 aliphatic heterocycles. The minimum Gasteiger partial charge on any atom is -0.507 e. The third-order valence-electron chi connectivity index (χ3n) is 7.92. The van der Waals surface area contributed by atoms with Crippen molar-refractivity contribution in [3.63, 3.8) is 0 Å². The van der Waals surface area contributed by atoms with E-state index in [0.29, 0.717) is 5.56 Å². The Labute approximate surface area is 216 Å². The molecule has 0 saturated heterocycles. The van der Waals surface area contributed by atoms with Gasteiger partial charge in [-0.1, -0.05) is 6.07 Å². The van der Waals surface area contributed by atoms with Gasteiger partial charge in [0.15, 0.2) is 11.4 Å². The minimum atomic E-state index is -2.74. The number of fused-ring (bicyclic) bond motifs is 3. The number of hydrogen-bond donors (Lipinski definition) is 6. The van der Waals surface area contributed by atoms with Gasteiger partial charge in [-0.05, 0) is 50.6 Å². The van der Waals surface area contributed by atoms with E-state index in [2.05, 4.69) is 10.2 Å². The van der Waals surface area contributed by atoms with Gasteiger partial charge in [-0.15, -0.1) is 0 Å². The van der Waals surface area contributed by atoms with Gasteiger partial charge >= 0.3 is 0 Å². The molecule has 0 bridgehead atoms. The lowest BCUT2D eigenvalue weighted by Gasteiger charge is -2.53. The molecule has 3 aliphatic carbocycles. The normalized spacial score (nSPS) is 32.2. The van der Waals surface area contributed by atoms with Crippen LogP contribution in [-0.2, 0) is 35.4 Å². The summed E-state index contributed by atoms with van der Waals surface area (Å²) in [6.07, 6.45) is -0.00283. The number of Topliss-reactive ketones (excluding diaryl/α,β-unsaturated/α-hetero) is 2. The summed E-state index contributed by atoms with van der Waals surface area (Å²) in [5.74, 6) is -9.17. The highest BCUT2D eigenvalue weighted by Gasteiger charge is 2.67. The molecule has 4 aliphatic rings. The van der Waals surface area contributed by atoms with E-state index in [1.165, 1.54) is 17.0 Å². The van der Waals surface area contributed by atoms with Gasteiger partial charge in [0, 0.05) is 17.5 Å². The zero-order chi connectivity index (χ0) is 27.7. The lowest BCUT2D eigenvalue weighted by atomic mass is 9.54. The first kappa shape index (κ1) is 25.9. The minimum absolute atomic E-state index is 0.0168. The molecule has 2 fully saturated rings. The molecule has 7 N–H and O–H groups in total. The first-order chi connectivity index (χ1) is 17.9. The highest BCUT2D eigenvalue weighted by atomic mass is 17.2. The number of nitrogens with zero attached hydrogens (tertiary/aromatic N) is 1. The van der Waals surface area contributed by atoms with Crippen LogP contribution < -0.4 is 11.1 Å². The number of nitrogens with two attached hydrogens (primary N) is 1. The zero-order valence-corrected chi connectivity index (χ0v) is 20.5. The van der Waals surface area contributed by atoms with Crippen molar-refractivity contribution in [1.82, 2.24) is 4.90 Å².